The van der Waals surface area contributed by atoms with Crippen LogP contribution in [-0.4, -0.2) is 27.4 Å². The van der Waals surface area contributed by atoms with Gasteiger partial charge in [0.05, 0.1) is 31.0 Å². The Kier molecular flexibility index (Phi) is 5.03. The van der Waals surface area contributed by atoms with Crippen molar-refractivity contribution in [1.29, 1.82) is 0 Å². The SMILES string of the molecule is O=C(NC(CO)c1ccccc1)c1cnn(Cc2ccccc2)c1. The van der Waals surface area contributed by atoms with E-state index in [0.717, 1.165) is 11.1 Å². The lowest BCUT2D eigenvalue weighted by atomic mass is 10.1. The van der Waals surface area contributed by atoms with E-state index in [4.69, 9.17) is 0 Å². The largest absolute Gasteiger partial charge is 0.394 e. The zero-order valence-corrected chi connectivity index (χ0v) is 13.2. The molecule has 0 bridgehead atoms. The van der Waals surface area contributed by atoms with Crippen LogP contribution in [0, 0.1) is 0 Å². The van der Waals surface area contributed by atoms with E-state index in [-0.39, 0.29) is 12.5 Å². The lowest BCUT2D eigenvalue weighted by Crippen LogP contribution is -2.30. The minimum absolute atomic E-state index is 0.159. The third-order valence-electron chi connectivity index (χ3n) is 3.77. The third-order valence-corrected chi connectivity index (χ3v) is 3.77. The molecule has 0 saturated heterocycles. The van der Waals surface area contributed by atoms with Gasteiger partial charge in [0, 0.05) is 6.20 Å². The molecule has 0 aliphatic heterocycles. The van der Waals surface area contributed by atoms with Crippen molar-refractivity contribution in [2.45, 2.75) is 12.6 Å². The van der Waals surface area contributed by atoms with Crippen molar-refractivity contribution in [2.75, 3.05) is 6.61 Å². The van der Waals surface area contributed by atoms with Gasteiger partial charge < -0.3 is 10.4 Å². The Morgan fingerprint density at radius 2 is 1.75 bits per heavy atom. The molecule has 1 heterocycles. The second-order valence-electron chi connectivity index (χ2n) is 5.53. The van der Waals surface area contributed by atoms with Crippen molar-refractivity contribution in [3.8, 4) is 0 Å². The Labute approximate surface area is 140 Å². The molecular weight excluding hydrogens is 302 g/mol. The van der Waals surface area contributed by atoms with E-state index in [9.17, 15) is 9.90 Å². The molecular formula is C19H19N3O2. The number of aromatic nitrogens is 2. The standard InChI is InChI=1S/C19H19N3O2/c23-14-18(16-9-5-2-6-10-16)21-19(24)17-11-20-22(13-17)12-15-7-3-1-4-8-15/h1-11,13,18,23H,12,14H2,(H,21,24). The predicted molar refractivity (Wildman–Crippen MR) is 91.5 cm³/mol. The molecule has 5 nitrogen and oxygen atoms in total. The van der Waals surface area contributed by atoms with Crippen LogP contribution in [0.3, 0.4) is 0 Å². The van der Waals surface area contributed by atoms with Crippen LogP contribution in [0.25, 0.3) is 0 Å². The number of aliphatic hydroxyl groups is 1. The van der Waals surface area contributed by atoms with Gasteiger partial charge in [-0.25, -0.2) is 0 Å². The fraction of sp³-hybridized carbons (Fsp3) is 0.158. The van der Waals surface area contributed by atoms with Gasteiger partial charge in [-0.2, -0.15) is 5.10 Å². The fourth-order valence-electron chi connectivity index (χ4n) is 2.50. The quantitative estimate of drug-likeness (QED) is 0.732. The van der Waals surface area contributed by atoms with E-state index in [1.54, 1.807) is 10.9 Å². The number of hydrogen-bond acceptors (Lipinski definition) is 3. The monoisotopic (exact) mass is 321 g/mol. The fourth-order valence-corrected chi connectivity index (χ4v) is 2.50. The molecule has 1 aromatic heterocycles. The number of carbonyl (C=O) groups is 1. The average Bonchev–Trinajstić information content (AvgIpc) is 3.10. The third kappa shape index (κ3) is 3.88. The minimum atomic E-state index is -0.434. The van der Waals surface area contributed by atoms with Gasteiger partial charge in [0.2, 0.25) is 0 Å². The Morgan fingerprint density at radius 1 is 1.08 bits per heavy atom. The highest BCUT2D eigenvalue weighted by Crippen LogP contribution is 2.13. The van der Waals surface area contributed by atoms with Gasteiger partial charge in [0.15, 0.2) is 0 Å². The van der Waals surface area contributed by atoms with E-state index in [1.807, 2.05) is 60.7 Å². The van der Waals surface area contributed by atoms with E-state index < -0.39 is 6.04 Å². The van der Waals surface area contributed by atoms with Crippen LogP contribution in [-0.2, 0) is 6.54 Å². The summed E-state index contributed by atoms with van der Waals surface area (Å²) in [6.45, 7) is 0.449. The zero-order valence-electron chi connectivity index (χ0n) is 13.2. The number of nitrogens with one attached hydrogen (secondary N) is 1. The van der Waals surface area contributed by atoms with Crippen LogP contribution in [0.4, 0.5) is 0 Å². The van der Waals surface area contributed by atoms with Crippen LogP contribution in [0.5, 0.6) is 0 Å². The molecule has 2 N–H and O–H groups in total. The van der Waals surface area contributed by atoms with E-state index in [2.05, 4.69) is 10.4 Å². The summed E-state index contributed by atoms with van der Waals surface area (Å²) in [7, 11) is 0. The van der Waals surface area contributed by atoms with Gasteiger partial charge in [0.1, 0.15) is 0 Å². The van der Waals surface area contributed by atoms with Crippen LogP contribution in [0.2, 0.25) is 0 Å². The highest BCUT2D eigenvalue weighted by atomic mass is 16.3. The normalized spacial score (nSPS) is 11.9. The Bertz CT molecular complexity index is 785. The van der Waals surface area contributed by atoms with Crippen LogP contribution < -0.4 is 5.32 Å². The highest BCUT2D eigenvalue weighted by molar-refractivity contribution is 5.93. The van der Waals surface area contributed by atoms with Crippen molar-refractivity contribution in [2.24, 2.45) is 0 Å². The predicted octanol–water partition coefficient (Wildman–Crippen LogP) is 2.39. The minimum Gasteiger partial charge on any atom is -0.394 e. The summed E-state index contributed by atoms with van der Waals surface area (Å²) < 4.78 is 1.72. The molecule has 0 aliphatic rings. The molecule has 122 valence electrons. The smallest absolute Gasteiger partial charge is 0.255 e. The first-order chi connectivity index (χ1) is 11.8. The van der Waals surface area contributed by atoms with Gasteiger partial charge in [-0.15, -0.1) is 0 Å². The molecule has 0 aliphatic carbocycles. The second-order valence-corrected chi connectivity index (χ2v) is 5.53. The van der Waals surface area contributed by atoms with Crippen LogP contribution in [0.15, 0.2) is 73.1 Å². The van der Waals surface area contributed by atoms with Gasteiger partial charge in [-0.05, 0) is 11.1 Å². The summed E-state index contributed by atoms with van der Waals surface area (Å²) in [5.41, 5.74) is 2.45. The molecule has 1 unspecified atom stereocenters. The van der Waals surface area contributed by atoms with Crippen molar-refractivity contribution in [1.82, 2.24) is 15.1 Å². The highest BCUT2D eigenvalue weighted by Gasteiger charge is 2.16. The first-order valence-corrected chi connectivity index (χ1v) is 7.79. The van der Waals surface area contributed by atoms with Crippen molar-refractivity contribution < 1.29 is 9.90 Å². The lowest BCUT2D eigenvalue weighted by molar-refractivity contribution is 0.0916. The second kappa shape index (κ2) is 7.57. The van der Waals surface area contributed by atoms with Gasteiger partial charge in [0.25, 0.3) is 5.91 Å². The Hall–Kier alpha value is -2.92. The van der Waals surface area contributed by atoms with Gasteiger partial charge >= 0.3 is 0 Å². The molecule has 3 aromatic rings. The maximum atomic E-state index is 12.4. The maximum Gasteiger partial charge on any atom is 0.255 e. The molecule has 2 aromatic carbocycles. The lowest BCUT2D eigenvalue weighted by Gasteiger charge is -2.16. The number of carbonyl (C=O) groups excluding carboxylic acids is 1. The first kappa shape index (κ1) is 16.0. The van der Waals surface area contributed by atoms with Crippen molar-refractivity contribution in [3.05, 3.63) is 89.7 Å². The number of benzene rings is 2. The molecule has 24 heavy (non-hydrogen) atoms. The molecule has 0 fully saturated rings. The summed E-state index contributed by atoms with van der Waals surface area (Å²) in [6.07, 6.45) is 3.25. The molecule has 0 radical (unpaired) electrons. The van der Waals surface area contributed by atoms with Crippen molar-refractivity contribution >= 4 is 5.91 Å². The molecule has 0 spiro atoms. The van der Waals surface area contributed by atoms with Crippen LogP contribution >= 0.6 is 0 Å². The van der Waals surface area contributed by atoms with E-state index >= 15 is 0 Å². The number of nitrogens with zero attached hydrogens (tertiary/aromatic N) is 2. The zero-order chi connectivity index (χ0) is 16.8. The molecule has 5 heteroatoms. The maximum absolute atomic E-state index is 12.4. The molecule has 0 saturated carbocycles. The first-order valence-electron chi connectivity index (χ1n) is 7.79. The van der Waals surface area contributed by atoms with E-state index in [0.29, 0.717) is 12.1 Å². The average molecular weight is 321 g/mol. The van der Waals surface area contributed by atoms with Crippen LogP contribution in [0.1, 0.15) is 27.5 Å². The number of amides is 1. The van der Waals surface area contributed by atoms with Gasteiger partial charge in [-0.3, -0.25) is 9.48 Å². The van der Waals surface area contributed by atoms with Gasteiger partial charge in [-0.1, -0.05) is 60.7 Å². The summed E-state index contributed by atoms with van der Waals surface area (Å²) in [4.78, 5) is 12.4. The summed E-state index contributed by atoms with van der Waals surface area (Å²) in [5.74, 6) is -0.253. The summed E-state index contributed by atoms with van der Waals surface area (Å²) >= 11 is 0. The Morgan fingerprint density at radius 3 is 2.42 bits per heavy atom. The summed E-state index contributed by atoms with van der Waals surface area (Å²) in [5, 5.41) is 16.6. The topological polar surface area (TPSA) is 67.2 Å². The number of hydrogen-bond donors (Lipinski definition) is 2. The summed E-state index contributed by atoms with van der Waals surface area (Å²) in [6, 6.07) is 18.9. The molecule has 3 rings (SSSR count). The molecule has 1 amide bonds. The number of rotatable bonds is 6. The van der Waals surface area contributed by atoms with Crippen molar-refractivity contribution in [3.63, 3.8) is 0 Å². The molecule has 1 atom stereocenters. The number of aliphatic hydroxyl groups excluding tert-OH is 1. The van der Waals surface area contributed by atoms with E-state index in [1.165, 1.54) is 6.20 Å². The Balaban J connectivity index is 1.67.